The first-order chi connectivity index (χ1) is 17.5. The summed E-state index contributed by atoms with van der Waals surface area (Å²) in [5.41, 5.74) is 1.96. The molecule has 2 aromatic rings. The smallest absolute Gasteiger partial charge is 0.146 e. The summed E-state index contributed by atoms with van der Waals surface area (Å²) in [6, 6.07) is 12.3. The minimum atomic E-state index is -2.41. The second-order valence-electron chi connectivity index (χ2n) is 9.07. The molecule has 6 nitrogen and oxygen atoms in total. The van der Waals surface area contributed by atoms with Crippen LogP contribution in [0.1, 0.15) is 85.5 Å². The summed E-state index contributed by atoms with van der Waals surface area (Å²) >= 11 is 0.867. The van der Waals surface area contributed by atoms with Crippen LogP contribution in [0.2, 0.25) is 13.3 Å². The monoisotopic (exact) mass is 706 g/mol. The quantitative estimate of drug-likeness (QED) is 0.0671. The van der Waals surface area contributed by atoms with Crippen LogP contribution < -0.4 is 3.71 Å². The molecular formula is C30H55BrN2O4Sn. The number of halogens is 1. The largest absolute Gasteiger partial charge is 0.359 e. The molecule has 0 aliphatic heterocycles. The number of ether oxygens (including phenoxy) is 4. The van der Waals surface area contributed by atoms with E-state index in [1.807, 2.05) is 18.2 Å². The van der Waals surface area contributed by atoms with Gasteiger partial charge in [-0.1, -0.05) is 20.9 Å². The van der Waals surface area contributed by atoms with Gasteiger partial charge in [-0.25, -0.2) is 4.98 Å². The summed E-state index contributed by atoms with van der Waals surface area (Å²) in [5.74, 6) is 0. The number of hydrogen-bond donors (Lipinski definition) is 0. The molecule has 8 heteroatoms. The summed E-state index contributed by atoms with van der Waals surface area (Å²) in [7, 11) is 3.25. The molecule has 0 radical (unpaired) electrons. The van der Waals surface area contributed by atoms with Crippen molar-refractivity contribution in [1.82, 2.24) is 9.97 Å². The Morgan fingerprint density at radius 1 is 0.684 bits per heavy atom. The molecule has 2 heterocycles. The van der Waals surface area contributed by atoms with Crippen molar-refractivity contribution in [2.24, 2.45) is 0 Å². The van der Waals surface area contributed by atoms with Gasteiger partial charge < -0.3 is 9.47 Å². The molecular weight excluding hydrogens is 651 g/mol. The van der Waals surface area contributed by atoms with E-state index in [0.29, 0.717) is 26.8 Å². The van der Waals surface area contributed by atoms with Crippen LogP contribution in [0.15, 0.2) is 41.0 Å². The maximum atomic E-state index is 5.52. The van der Waals surface area contributed by atoms with E-state index in [1.54, 1.807) is 14.2 Å². The molecule has 0 atom stereocenters. The van der Waals surface area contributed by atoms with E-state index < -0.39 is 18.4 Å². The zero-order valence-corrected chi connectivity index (χ0v) is 27.5. The number of pyridine rings is 2. The van der Waals surface area contributed by atoms with Gasteiger partial charge in [0, 0.05) is 7.11 Å². The molecule has 0 bridgehead atoms. The molecule has 0 unspecified atom stereocenters. The summed E-state index contributed by atoms with van der Waals surface area (Å²) in [4.78, 5) is 9.27. The van der Waals surface area contributed by atoms with Gasteiger partial charge in [0.1, 0.15) is 11.4 Å². The molecule has 0 amide bonds. The fourth-order valence-electron chi connectivity index (χ4n) is 4.15. The first-order valence-electron chi connectivity index (χ1n) is 13.3. The summed E-state index contributed by atoms with van der Waals surface area (Å²) < 4.78 is 27.0. The molecule has 0 saturated heterocycles. The Hall–Kier alpha value is -0.581. The maximum Gasteiger partial charge on any atom is 0.146 e. The van der Waals surface area contributed by atoms with Crippen LogP contribution >= 0.6 is 15.9 Å². The average molecular weight is 706 g/mol. The molecule has 2 aromatic heterocycles. The van der Waals surface area contributed by atoms with Crippen LogP contribution in [-0.2, 0) is 32.2 Å². The Kier molecular flexibility index (Phi) is 26.4. The van der Waals surface area contributed by atoms with Gasteiger partial charge in [0.05, 0.1) is 12.3 Å². The minimum Gasteiger partial charge on any atom is -0.359 e. The third-order valence-electron chi connectivity index (χ3n) is 6.05. The van der Waals surface area contributed by atoms with Crippen molar-refractivity contribution in [2.75, 3.05) is 27.8 Å². The molecule has 0 N–H and O–H groups in total. The van der Waals surface area contributed by atoms with Crippen LogP contribution in [0.4, 0.5) is 0 Å². The fraction of sp³-hybridized carbons (Fsp3) is 0.667. The number of methoxy groups -OCH3 is 2. The number of hydrogen-bond acceptors (Lipinski definition) is 6. The molecule has 0 aliphatic rings. The van der Waals surface area contributed by atoms with Gasteiger partial charge in [0.25, 0.3) is 0 Å². The van der Waals surface area contributed by atoms with Crippen molar-refractivity contribution in [3.63, 3.8) is 0 Å². The molecule has 38 heavy (non-hydrogen) atoms. The predicted octanol–water partition coefficient (Wildman–Crippen LogP) is 8.50. The number of nitrogens with zero attached hydrogens (tertiary/aromatic N) is 2. The molecule has 0 aliphatic carbocycles. The van der Waals surface area contributed by atoms with E-state index >= 15 is 0 Å². The van der Waals surface area contributed by atoms with Crippen LogP contribution in [0.25, 0.3) is 0 Å². The SMILES string of the molecule is C.C.CCC[CH2][Sn]([CH2]CCC)([CH2]CCC)[c]1cccc(COCOC)n1.COCOCc1cccc(Br)n1. The van der Waals surface area contributed by atoms with Gasteiger partial charge in [-0.05, 0) is 28.1 Å². The van der Waals surface area contributed by atoms with E-state index in [0.717, 1.165) is 16.0 Å². The zero-order chi connectivity index (χ0) is 26.5. The third-order valence-corrected chi connectivity index (χ3v) is 21.6. The molecule has 0 aromatic carbocycles. The Morgan fingerprint density at radius 3 is 1.55 bits per heavy atom. The summed E-state index contributed by atoms with van der Waals surface area (Å²) in [6.45, 7) is 8.62. The minimum absolute atomic E-state index is 0. The summed E-state index contributed by atoms with van der Waals surface area (Å²) in [6.07, 6.45) is 8.01. The van der Waals surface area contributed by atoms with Gasteiger partial charge in [-0.3, -0.25) is 0 Å². The Balaban J connectivity index is 0. The van der Waals surface area contributed by atoms with E-state index in [9.17, 15) is 0 Å². The molecule has 2 rings (SSSR count). The predicted molar refractivity (Wildman–Crippen MR) is 167 cm³/mol. The number of unbranched alkanes of at least 4 members (excludes halogenated alkanes) is 3. The first-order valence-corrected chi connectivity index (χ1v) is 21.5. The normalized spacial score (nSPS) is 10.7. The van der Waals surface area contributed by atoms with Crippen molar-refractivity contribution in [3.05, 3.63) is 52.4 Å². The van der Waals surface area contributed by atoms with Crippen molar-refractivity contribution in [1.29, 1.82) is 0 Å². The van der Waals surface area contributed by atoms with Crippen molar-refractivity contribution >= 4 is 38.0 Å². The molecule has 0 fully saturated rings. The van der Waals surface area contributed by atoms with E-state index in [-0.39, 0.29) is 14.9 Å². The molecule has 0 saturated carbocycles. The second kappa shape index (κ2) is 25.4. The maximum absolute atomic E-state index is 5.52. The van der Waals surface area contributed by atoms with Gasteiger partial charge in [0.2, 0.25) is 0 Å². The van der Waals surface area contributed by atoms with Gasteiger partial charge in [-0.2, -0.15) is 0 Å². The third kappa shape index (κ3) is 16.5. The van der Waals surface area contributed by atoms with Crippen LogP contribution in [0, 0.1) is 0 Å². The summed E-state index contributed by atoms with van der Waals surface area (Å²) in [5, 5.41) is 0. The molecule has 0 spiro atoms. The first kappa shape index (κ1) is 39.6. The Bertz CT molecular complexity index is 792. The van der Waals surface area contributed by atoms with Gasteiger partial charge in [0.15, 0.2) is 0 Å². The Morgan fingerprint density at radius 2 is 1.13 bits per heavy atom. The van der Waals surface area contributed by atoms with E-state index in [1.165, 1.54) is 55.5 Å². The zero-order valence-electron chi connectivity index (χ0n) is 23.1. The number of aromatic nitrogens is 2. The fourth-order valence-corrected chi connectivity index (χ4v) is 20.1. The van der Waals surface area contributed by atoms with Gasteiger partial charge >= 0.3 is 154 Å². The standard InChI is InChI=1S/C8H10BrNO2.C8H10NO2.3C4H9.2CH4.Sn/c1-11-6-12-5-7-3-2-4-8(9)10-7;1-10-7-11-6-8-4-2-3-5-9-8;3*1-3-4-2;;;/h2-4H,5-6H2,1H3;2-4H,6-7H2,1H3;3*1,3-4H2,2H3;2*1H4;. The van der Waals surface area contributed by atoms with Crippen LogP contribution in [0.5, 0.6) is 0 Å². The van der Waals surface area contributed by atoms with Crippen molar-refractivity contribution in [2.45, 2.75) is 101 Å². The van der Waals surface area contributed by atoms with Gasteiger partial charge in [-0.15, -0.1) is 0 Å². The van der Waals surface area contributed by atoms with Crippen molar-refractivity contribution in [3.8, 4) is 0 Å². The Labute approximate surface area is 246 Å². The average Bonchev–Trinajstić information content (AvgIpc) is 2.89. The second-order valence-corrected chi connectivity index (χ2v) is 22.9. The van der Waals surface area contributed by atoms with E-state index in [4.69, 9.17) is 23.9 Å². The van der Waals surface area contributed by atoms with Crippen molar-refractivity contribution < 1.29 is 18.9 Å². The van der Waals surface area contributed by atoms with Crippen LogP contribution in [-0.4, -0.2) is 56.2 Å². The molecule has 220 valence electrons. The topological polar surface area (TPSA) is 62.7 Å². The number of rotatable bonds is 18. The van der Waals surface area contributed by atoms with E-state index in [2.05, 4.69) is 59.9 Å². The van der Waals surface area contributed by atoms with Crippen LogP contribution in [0.3, 0.4) is 0 Å².